The van der Waals surface area contributed by atoms with E-state index in [1.54, 1.807) is 6.92 Å². The molecule has 0 bridgehead atoms. The van der Waals surface area contributed by atoms with Crippen LogP contribution in [0, 0.1) is 5.41 Å². The Labute approximate surface area is 119 Å². The van der Waals surface area contributed by atoms with E-state index in [0.717, 1.165) is 19.3 Å². The first-order chi connectivity index (χ1) is 8.91. The summed E-state index contributed by atoms with van der Waals surface area (Å²) < 4.78 is 5.64. The Bertz CT molecular complexity index is 283. The van der Waals surface area contributed by atoms with Gasteiger partial charge in [-0.1, -0.05) is 60.0 Å². The summed E-state index contributed by atoms with van der Waals surface area (Å²) in [7, 11) is 0. The normalized spacial score (nSPS) is 15.6. The second kappa shape index (κ2) is 9.17. The zero-order chi connectivity index (χ0) is 14.9. The van der Waals surface area contributed by atoms with E-state index in [2.05, 4.69) is 34.3 Å². The Kier molecular flexibility index (Phi) is 8.79. The molecule has 2 heteroatoms. The Morgan fingerprint density at radius 2 is 1.84 bits per heavy atom. The number of carbonyl (C=O) groups excluding carboxylic acids is 1. The average Bonchev–Trinajstić information content (AvgIpc) is 2.40. The Morgan fingerprint density at radius 1 is 1.21 bits per heavy atom. The highest BCUT2D eigenvalue weighted by atomic mass is 16.5. The van der Waals surface area contributed by atoms with Crippen LogP contribution < -0.4 is 0 Å². The van der Waals surface area contributed by atoms with Crippen LogP contribution in [0.5, 0.6) is 0 Å². The van der Waals surface area contributed by atoms with Crippen molar-refractivity contribution in [2.75, 3.05) is 0 Å². The summed E-state index contributed by atoms with van der Waals surface area (Å²) >= 11 is 0. The molecule has 0 aliphatic carbocycles. The highest BCUT2D eigenvalue weighted by molar-refractivity contribution is 5.87. The van der Waals surface area contributed by atoms with Crippen LogP contribution in [0.15, 0.2) is 12.2 Å². The molecule has 112 valence electrons. The van der Waals surface area contributed by atoms with Crippen molar-refractivity contribution >= 4 is 5.97 Å². The molecule has 0 N–H and O–H groups in total. The molecule has 2 nitrogen and oxygen atoms in total. The standard InChI is InChI=1S/C17H32O2/c1-7-10-11-12-13-17(6,9-3)15(8-2)19-16(18)14(4)5/h15H,4,7-13H2,1-3,5-6H3. The van der Waals surface area contributed by atoms with E-state index in [9.17, 15) is 4.79 Å². The van der Waals surface area contributed by atoms with Gasteiger partial charge in [0, 0.05) is 11.0 Å². The van der Waals surface area contributed by atoms with E-state index >= 15 is 0 Å². The Balaban J connectivity index is 4.55. The van der Waals surface area contributed by atoms with Gasteiger partial charge in [0.25, 0.3) is 0 Å². The third kappa shape index (κ3) is 6.26. The van der Waals surface area contributed by atoms with Gasteiger partial charge in [0.2, 0.25) is 0 Å². The number of rotatable bonds is 10. The first-order valence-corrected chi connectivity index (χ1v) is 7.77. The zero-order valence-corrected chi connectivity index (χ0v) is 13.6. The Hall–Kier alpha value is -0.790. The van der Waals surface area contributed by atoms with Crippen LogP contribution in [0.3, 0.4) is 0 Å². The fourth-order valence-electron chi connectivity index (χ4n) is 2.47. The van der Waals surface area contributed by atoms with Crippen molar-refractivity contribution in [3.05, 3.63) is 12.2 Å². The lowest BCUT2D eigenvalue weighted by molar-refractivity contribution is -0.152. The summed E-state index contributed by atoms with van der Waals surface area (Å²) in [5.41, 5.74) is 0.580. The number of ether oxygens (including phenoxy) is 1. The molecule has 0 heterocycles. The highest BCUT2D eigenvalue weighted by Crippen LogP contribution is 2.36. The fraction of sp³-hybridized carbons (Fsp3) is 0.824. The number of unbranched alkanes of at least 4 members (excludes halogenated alkanes) is 3. The zero-order valence-electron chi connectivity index (χ0n) is 13.6. The maximum absolute atomic E-state index is 11.7. The lowest BCUT2D eigenvalue weighted by atomic mass is 9.76. The summed E-state index contributed by atoms with van der Waals surface area (Å²) in [5.74, 6) is -0.250. The van der Waals surface area contributed by atoms with Crippen molar-refractivity contribution in [2.24, 2.45) is 5.41 Å². The van der Waals surface area contributed by atoms with E-state index < -0.39 is 0 Å². The molecule has 2 atom stereocenters. The molecular formula is C17H32O2. The number of esters is 1. The molecule has 0 aromatic carbocycles. The molecule has 19 heavy (non-hydrogen) atoms. The van der Waals surface area contributed by atoms with Gasteiger partial charge in [0.1, 0.15) is 6.10 Å². The van der Waals surface area contributed by atoms with Gasteiger partial charge < -0.3 is 4.74 Å². The number of hydrogen-bond acceptors (Lipinski definition) is 2. The molecular weight excluding hydrogens is 236 g/mol. The summed E-state index contributed by atoms with van der Waals surface area (Å²) in [4.78, 5) is 11.7. The van der Waals surface area contributed by atoms with Crippen LogP contribution in [0.4, 0.5) is 0 Å². The lowest BCUT2D eigenvalue weighted by Crippen LogP contribution is -2.35. The van der Waals surface area contributed by atoms with Crippen LogP contribution in [0.25, 0.3) is 0 Å². The van der Waals surface area contributed by atoms with Crippen molar-refractivity contribution in [1.29, 1.82) is 0 Å². The van der Waals surface area contributed by atoms with E-state index in [4.69, 9.17) is 4.74 Å². The molecule has 0 saturated heterocycles. The Morgan fingerprint density at radius 3 is 2.26 bits per heavy atom. The van der Waals surface area contributed by atoms with E-state index in [-0.39, 0.29) is 17.5 Å². The first-order valence-electron chi connectivity index (χ1n) is 7.77. The van der Waals surface area contributed by atoms with Crippen molar-refractivity contribution < 1.29 is 9.53 Å². The predicted octanol–water partition coefficient (Wildman–Crippen LogP) is 5.27. The third-order valence-electron chi connectivity index (χ3n) is 4.15. The SMILES string of the molecule is C=C(C)C(=O)OC(CC)C(C)(CC)CCCCCC. The van der Waals surface area contributed by atoms with Gasteiger partial charge in [-0.3, -0.25) is 0 Å². The van der Waals surface area contributed by atoms with Crippen LogP contribution >= 0.6 is 0 Å². The van der Waals surface area contributed by atoms with Gasteiger partial charge in [-0.15, -0.1) is 0 Å². The maximum Gasteiger partial charge on any atom is 0.333 e. The van der Waals surface area contributed by atoms with E-state index in [0.29, 0.717) is 5.57 Å². The molecule has 0 amide bonds. The van der Waals surface area contributed by atoms with Crippen molar-refractivity contribution in [1.82, 2.24) is 0 Å². The second-order valence-electron chi connectivity index (χ2n) is 5.90. The molecule has 0 saturated carbocycles. The van der Waals surface area contributed by atoms with Crippen LogP contribution in [-0.4, -0.2) is 12.1 Å². The van der Waals surface area contributed by atoms with Crippen LogP contribution in [0.2, 0.25) is 0 Å². The van der Waals surface area contributed by atoms with Crippen LogP contribution in [-0.2, 0) is 9.53 Å². The topological polar surface area (TPSA) is 26.3 Å². The summed E-state index contributed by atoms with van der Waals surface area (Å²) in [6.07, 6.45) is 8.09. The fourth-order valence-corrected chi connectivity index (χ4v) is 2.47. The van der Waals surface area contributed by atoms with Gasteiger partial charge in [-0.2, -0.15) is 0 Å². The number of hydrogen-bond donors (Lipinski definition) is 0. The summed E-state index contributed by atoms with van der Waals surface area (Å²) in [6.45, 7) is 14.1. The number of carbonyl (C=O) groups is 1. The maximum atomic E-state index is 11.7. The molecule has 2 unspecified atom stereocenters. The van der Waals surface area contributed by atoms with E-state index in [1.807, 2.05) is 0 Å². The molecule has 0 aliphatic heterocycles. The second-order valence-corrected chi connectivity index (χ2v) is 5.90. The first kappa shape index (κ1) is 18.2. The van der Waals surface area contributed by atoms with Crippen molar-refractivity contribution in [3.8, 4) is 0 Å². The van der Waals surface area contributed by atoms with Gasteiger partial charge in [0.05, 0.1) is 0 Å². The van der Waals surface area contributed by atoms with Crippen molar-refractivity contribution in [3.63, 3.8) is 0 Å². The van der Waals surface area contributed by atoms with Gasteiger partial charge >= 0.3 is 5.97 Å². The molecule has 0 radical (unpaired) electrons. The molecule has 0 fully saturated rings. The summed E-state index contributed by atoms with van der Waals surface area (Å²) in [5, 5.41) is 0. The largest absolute Gasteiger partial charge is 0.458 e. The van der Waals surface area contributed by atoms with Gasteiger partial charge in [0.15, 0.2) is 0 Å². The lowest BCUT2D eigenvalue weighted by Gasteiger charge is -2.36. The van der Waals surface area contributed by atoms with Gasteiger partial charge in [-0.25, -0.2) is 4.79 Å². The highest BCUT2D eigenvalue weighted by Gasteiger charge is 2.33. The molecule has 0 aromatic heterocycles. The average molecular weight is 268 g/mol. The van der Waals surface area contributed by atoms with E-state index in [1.165, 1.54) is 25.7 Å². The minimum absolute atomic E-state index is 0.00308. The minimum Gasteiger partial charge on any atom is -0.458 e. The van der Waals surface area contributed by atoms with Gasteiger partial charge in [-0.05, 0) is 26.2 Å². The molecule has 0 spiro atoms. The third-order valence-corrected chi connectivity index (χ3v) is 4.15. The molecule has 0 aliphatic rings. The van der Waals surface area contributed by atoms with Crippen molar-refractivity contribution in [2.45, 2.75) is 85.7 Å². The minimum atomic E-state index is -0.250. The quantitative estimate of drug-likeness (QED) is 0.306. The summed E-state index contributed by atoms with van der Waals surface area (Å²) in [6, 6.07) is 0. The predicted molar refractivity (Wildman–Crippen MR) is 82.1 cm³/mol. The smallest absolute Gasteiger partial charge is 0.333 e. The molecule has 0 rings (SSSR count). The monoisotopic (exact) mass is 268 g/mol. The molecule has 0 aromatic rings. The van der Waals surface area contributed by atoms with Crippen LogP contribution in [0.1, 0.15) is 79.6 Å².